The van der Waals surface area contributed by atoms with Gasteiger partial charge in [0.1, 0.15) is 11.3 Å². The van der Waals surface area contributed by atoms with Crippen molar-refractivity contribution in [2.24, 2.45) is 11.7 Å². The number of carbonyl (C=O) groups is 1. The van der Waals surface area contributed by atoms with Gasteiger partial charge in [0.05, 0.1) is 7.11 Å². The Morgan fingerprint density at radius 2 is 2.15 bits per heavy atom. The van der Waals surface area contributed by atoms with Crippen LogP contribution in [0.15, 0.2) is 27.4 Å². The van der Waals surface area contributed by atoms with Crippen LogP contribution in [0.1, 0.15) is 36.8 Å². The Bertz CT molecular complexity index is 865. The summed E-state index contributed by atoms with van der Waals surface area (Å²) in [6.45, 7) is 2.49. The first-order valence-electron chi connectivity index (χ1n) is 9.13. The highest BCUT2D eigenvalue weighted by atomic mass is 35.5. The topological polar surface area (TPSA) is 94.6 Å². The van der Waals surface area contributed by atoms with Crippen LogP contribution in [0, 0.1) is 12.8 Å². The summed E-state index contributed by atoms with van der Waals surface area (Å²) in [6, 6.07) is 5.57. The Morgan fingerprint density at radius 1 is 1.37 bits per heavy atom. The van der Waals surface area contributed by atoms with Gasteiger partial charge in [-0.05, 0) is 56.3 Å². The zero-order chi connectivity index (χ0) is 18.7. The van der Waals surface area contributed by atoms with Gasteiger partial charge in [0.2, 0.25) is 5.91 Å². The molecule has 3 rings (SSSR count). The lowest BCUT2D eigenvalue weighted by molar-refractivity contribution is -0.122. The molecule has 0 radical (unpaired) electrons. The number of amides is 1. The molecule has 0 aliphatic heterocycles. The molecule has 148 valence electrons. The maximum atomic E-state index is 12.4. The smallest absolute Gasteiger partial charge is 0.339 e. The summed E-state index contributed by atoms with van der Waals surface area (Å²) in [5.74, 6) is 0.962. The minimum absolute atomic E-state index is 0. The second kappa shape index (κ2) is 9.24. The molecule has 1 amide bonds. The Kier molecular flexibility index (Phi) is 7.27. The van der Waals surface area contributed by atoms with Crippen LogP contribution in [0.4, 0.5) is 0 Å². The van der Waals surface area contributed by atoms with Crippen molar-refractivity contribution in [2.75, 3.05) is 13.7 Å². The molecule has 0 saturated heterocycles. The van der Waals surface area contributed by atoms with Crippen LogP contribution in [-0.2, 0) is 11.2 Å². The van der Waals surface area contributed by atoms with Crippen LogP contribution in [0.3, 0.4) is 0 Å². The van der Waals surface area contributed by atoms with E-state index in [9.17, 15) is 9.59 Å². The van der Waals surface area contributed by atoms with Gasteiger partial charge in [0, 0.05) is 29.5 Å². The molecule has 27 heavy (non-hydrogen) atoms. The zero-order valence-corrected chi connectivity index (χ0v) is 16.6. The maximum Gasteiger partial charge on any atom is 0.339 e. The van der Waals surface area contributed by atoms with Crippen molar-refractivity contribution < 1.29 is 13.9 Å². The van der Waals surface area contributed by atoms with E-state index in [0.717, 1.165) is 30.2 Å². The van der Waals surface area contributed by atoms with Gasteiger partial charge >= 0.3 is 5.63 Å². The number of benzene rings is 1. The second-order valence-corrected chi connectivity index (χ2v) is 6.96. The quantitative estimate of drug-likeness (QED) is 0.734. The van der Waals surface area contributed by atoms with Crippen molar-refractivity contribution >= 4 is 29.3 Å². The highest BCUT2D eigenvalue weighted by molar-refractivity contribution is 5.85. The highest BCUT2D eigenvalue weighted by Crippen LogP contribution is 2.26. The van der Waals surface area contributed by atoms with Crippen molar-refractivity contribution in [3.8, 4) is 5.75 Å². The zero-order valence-electron chi connectivity index (χ0n) is 15.7. The van der Waals surface area contributed by atoms with E-state index in [0.29, 0.717) is 35.8 Å². The average molecular weight is 395 g/mol. The number of nitrogens with two attached hydrogens (primary N) is 1. The lowest BCUT2D eigenvalue weighted by Crippen LogP contribution is -2.40. The minimum Gasteiger partial charge on any atom is -0.497 e. The van der Waals surface area contributed by atoms with E-state index in [4.69, 9.17) is 14.9 Å². The molecule has 0 bridgehead atoms. The largest absolute Gasteiger partial charge is 0.497 e. The van der Waals surface area contributed by atoms with Gasteiger partial charge in [-0.15, -0.1) is 12.4 Å². The van der Waals surface area contributed by atoms with E-state index in [1.54, 1.807) is 13.2 Å². The van der Waals surface area contributed by atoms with Crippen LogP contribution in [0.5, 0.6) is 5.75 Å². The Morgan fingerprint density at radius 3 is 2.85 bits per heavy atom. The van der Waals surface area contributed by atoms with Crippen LogP contribution in [0.2, 0.25) is 0 Å². The molecule has 0 spiro atoms. The summed E-state index contributed by atoms with van der Waals surface area (Å²) >= 11 is 0. The lowest BCUT2D eigenvalue weighted by Gasteiger charge is -2.19. The van der Waals surface area contributed by atoms with E-state index in [1.165, 1.54) is 0 Å². The molecule has 1 aromatic heterocycles. The Balaban J connectivity index is 0.00000261. The summed E-state index contributed by atoms with van der Waals surface area (Å²) in [6.07, 6.45) is 3.78. The molecule has 3 N–H and O–H groups in total. The first-order valence-corrected chi connectivity index (χ1v) is 9.13. The van der Waals surface area contributed by atoms with E-state index in [2.05, 4.69) is 5.32 Å². The summed E-state index contributed by atoms with van der Waals surface area (Å²) in [7, 11) is 1.57. The van der Waals surface area contributed by atoms with Crippen molar-refractivity contribution in [3.63, 3.8) is 0 Å². The van der Waals surface area contributed by atoms with Gasteiger partial charge in [-0.25, -0.2) is 4.79 Å². The third-order valence-electron chi connectivity index (χ3n) is 5.40. The van der Waals surface area contributed by atoms with Gasteiger partial charge in [-0.2, -0.15) is 0 Å². The number of methoxy groups -OCH3 is 1. The fourth-order valence-electron chi connectivity index (χ4n) is 3.82. The number of carbonyl (C=O) groups excluding carboxylic acids is 1. The van der Waals surface area contributed by atoms with Crippen LogP contribution in [-0.4, -0.2) is 25.6 Å². The molecular weight excluding hydrogens is 368 g/mol. The van der Waals surface area contributed by atoms with Gasteiger partial charge in [0.25, 0.3) is 0 Å². The standard InChI is InChI=1S/C20H26N2O4.ClH/c1-12-15-7-6-14(25-2)10-18(15)26-20(24)16(12)8-9-19(23)22-17-5-3-4-13(17)11-21;/h6-7,10,13,17H,3-5,8-9,11,21H2,1-2H3,(H,22,23);1H. The summed E-state index contributed by atoms with van der Waals surface area (Å²) in [5, 5.41) is 3.93. The van der Waals surface area contributed by atoms with Gasteiger partial charge in [-0.1, -0.05) is 6.42 Å². The minimum atomic E-state index is -0.392. The van der Waals surface area contributed by atoms with Crippen molar-refractivity contribution in [3.05, 3.63) is 39.7 Å². The van der Waals surface area contributed by atoms with E-state index in [1.807, 2.05) is 19.1 Å². The fourth-order valence-corrected chi connectivity index (χ4v) is 3.82. The fraction of sp³-hybridized carbons (Fsp3) is 0.500. The predicted molar refractivity (Wildman–Crippen MR) is 108 cm³/mol. The molecule has 2 aromatic rings. The Hall–Kier alpha value is -2.05. The summed E-state index contributed by atoms with van der Waals surface area (Å²) in [5.41, 5.74) is 7.28. The number of fused-ring (bicyclic) bond motifs is 1. The third-order valence-corrected chi connectivity index (χ3v) is 5.40. The molecule has 1 aromatic carbocycles. The molecule has 1 fully saturated rings. The summed E-state index contributed by atoms with van der Waals surface area (Å²) in [4.78, 5) is 24.7. The Labute approximate surface area is 164 Å². The van der Waals surface area contributed by atoms with Gasteiger partial charge in [-0.3, -0.25) is 4.79 Å². The molecule has 1 saturated carbocycles. The first-order chi connectivity index (χ1) is 12.5. The van der Waals surface area contributed by atoms with E-state index in [-0.39, 0.29) is 30.8 Å². The monoisotopic (exact) mass is 394 g/mol. The maximum absolute atomic E-state index is 12.4. The number of hydrogen-bond acceptors (Lipinski definition) is 5. The van der Waals surface area contributed by atoms with Crippen LogP contribution >= 0.6 is 12.4 Å². The average Bonchev–Trinajstić information content (AvgIpc) is 3.07. The molecule has 1 aliphatic carbocycles. The number of halogens is 1. The van der Waals surface area contributed by atoms with Crippen LogP contribution in [0.25, 0.3) is 11.0 Å². The molecule has 6 nitrogen and oxygen atoms in total. The number of nitrogens with one attached hydrogen (secondary N) is 1. The number of aryl methyl sites for hydroxylation is 1. The van der Waals surface area contributed by atoms with E-state index >= 15 is 0 Å². The third kappa shape index (κ3) is 4.62. The molecule has 2 unspecified atom stereocenters. The van der Waals surface area contributed by atoms with Crippen molar-refractivity contribution in [2.45, 2.75) is 45.1 Å². The van der Waals surface area contributed by atoms with E-state index < -0.39 is 5.63 Å². The molecule has 2 atom stereocenters. The summed E-state index contributed by atoms with van der Waals surface area (Å²) < 4.78 is 10.6. The molecular formula is C20H27ClN2O4. The van der Waals surface area contributed by atoms with Gasteiger partial charge < -0.3 is 20.2 Å². The number of hydrogen-bond donors (Lipinski definition) is 2. The van der Waals surface area contributed by atoms with Gasteiger partial charge in [0.15, 0.2) is 0 Å². The molecule has 1 heterocycles. The lowest BCUT2D eigenvalue weighted by atomic mass is 10.0. The van der Waals surface area contributed by atoms with Crippen molar-refractivity contribution in [1.29, 1.82) is 0 Å². The predicted octanol–water partition coefficient (Wildman–Crippen LogP) is 2.71. The highest BCUT2D eigenvalue weighted by Gasteiger charge is 2.27. The molecule has 7 heteroatoms. The molecule has 1 aliphatic rings. The van der Waals surface area contributed by atoms with Crippen LogP contribution < -0.4 is 21.4 Å². The number of rotatable bonds is 6. The van der Waals surface area contributed by atoms with Crippen molar-refractivity contribution in [1.82, 2.24) is 5.32 Å². The second-order valence-electron chi connectivity index (χ2n) is 6.96. The SMILES string of the molecule is COc1ccc2c(C)c(CCC(=O)NC3CCCC3CN)c(=O)oc2c1.Cl. The first kappa shape index (κ1) is 21.3. The normalized spacial score (nSPS) is 18.9. The number of ether oxygens (including phenoxy) is 1.